The van der Waals surface area contributed by atoms with Gasteiger partial charge in [0.25, 0.3) is 0 Å². The van der Waals surface area contributed by atoms with Crippen molar-refractivity contribution in [2.75, 3.05) is 23.8 Å². The molecule has 7 heteroatoms. The van der Waals surface area contributed by atoms with E-state index in [0.29, 0.717) is 19.4 Å². The van der Waals surface area contributed by atoms with Crippen molar-refractivity contribution in [2.24, 2.45) is 0 Å². The number of anilines is 1. The average molecular weight is 328 g/mol. The van der Waals surface area contributed by atoms with Gasteiger partial charge in [-0.05, 0) is 43.3 Å². The Labute approximate surface area is 129 Å². The second-order valence-corrected chi connectivity index (χ2v) is 9.14. The first-order chi connectivity index (χ1) is 10.0. The fourth-order valence-electron chi connectivity index (χ4n) is 3.17. The number of ether oxygens (including phenoxy) is 1. The predicted molar refractivity (Wildman–Crippen MR) is 84.1 cm³/mol. The van der Waals surface area contributed by atoms with E-state index in [2.05, 4.69) is 4.98 Å². The molecular weight excluding hydrogens is 308 g/mol. The van der Waals surface area contributed by atoms with Crippen molar-refractivity contribution < 1.29 is 13.2 Å². The van der Waals surface area contributed by atoms with Gasteiger partial charge in [-0.25, -0.2) is 8.42 Å². The maximum atomic E-state index is 12.9. The zero-order valence-electron chi connectivity index (χ0n) is 11.8. The van der Waals surface area contributed by atoms with E-state index in [0.717, 1.165) is 24.3 Å². The van der Waals surface area contributed by atoms with E-state index in [1.54, 1.807) is 0 Å². The lowest BCUT2D eigenvalue weighted by atomic mass is 9.88. The van der Waals surface area contributed by atoms with Crippen LogP contribution in [0.2, 0.25) is 0 Å². The normalized spacial score (nSPS) is 25.8. The minimum atomic E-state index is -3.42. The number of hydrogen-bond acceptors (Lipinski definition) is 6. The molecule has 1 aromatic heterocycles. The van der Waals surface area contributed by atoms with Crippen LogP contribution < -0.4 is 5.73 Å². The number of aromatic nitrogens is 1. The maximum Gasteiger partial charge on any atom is 0.183 e. The van der Waals surface area contributed by atoms with E-state index in [1.165, 1.54) is 18.5 Å². The molecule has 2 aliphatic heterocycles. The highest BCUT2D eigenvalue weighted by Crippen LogP contribution is 2.41. The van der Waals surface area contributed by atoms with Crippen LogP contribution in [0.5, 0.6) is 0 Å². The van der Waals surface area contributed by atoms with E-state index >= 15 is 0 Å². The maximum absolute atomic E-state index is 12.9. The molecule has 0 amide bonds. The van der Waals surface area contributed by atoms with E-state index in [-0.39, 0.29) is 16.2 Å². The molecule has 1 aromatic rings. The Morgan fingerprint density at radius 2 is 2.14 bits per heavy atom. The van der Waals surface area contributed by atoms with Crippen molar-refractivity contribution in [3.05, 3.63) is 18.5 Å². The monoisotopic (exact) mass is 328 g/mol. The van der Waals surface area contributed by atoms with Crippen molar-refractivity contribution in [3.63, 3.8) is 0 Å². The van der Waals surface area contributed by atoms with Gasteiger partial charge in [0, 0.05) is 12.8 Å². The van der Waals surface area contributed by atoms with Crippen LogP contribution in [0.4, 0.5) is 5.69 Å². The highest BCUT2D eigenvalue weighted by Gasteiger charge is 2.43. The van der Waals surface area contributed by atoms with E-state index in [4.69, 9.17) is 10.5 Å². The van der Waals surface area contributed by atoms with Gasteiger partial charge >= 0.3 is 0 Å². The van der Waals surface area contributed by atoms with Gasteiger partial charge in [-0.1, -0.05) is 0 Å². The van der Waals surface area contributed by atoms with Crippen LogP contribution in [0.1, 0.15) is 25.7 Å². The molecule has 2 saturated heterocycles. The summed E-state index contributed by atoms with van der Waals surface area (Å²) < 4.78 is 31.7. The molecular formula is C14H20N2O3S2. The highest BCUT2D eigenvalue weighted by molar-refractivity contribution is 7.99. The number of sulfone groups is 1. The first-order valence-corrected chi connectivity index (χ1v) is 9.89. The quantitative estimate of drug-likeness (QED) is 0.892. The van der Waals surface area contributed by atoms with E-state index in [1.807, 2.05) is 11.8 Å². The second kappa shape index (κ2) is 5.78. The Bertz CT molecular complexity index is 607. The van der Waals surface area contributed by atoms with Gasteiger partial charge in [0.05, 0.1) is 27.6 Å². The Kier molecular flexibility index (Phi) is 4.16. The number of nitrogens with zero attached hydrogens (tertiary/aromatic N) is 1. The molecule has 116 valence electrons. The van der Waals surface area contributed by atoms with Crippen molar-refractivity contribution in [1.82, 2.24) is 4.98 Å². The smallest absolute Gasteiger partial charge is 0.183 e. The summed E-state index contributed by atoms with van der Waals surface area (Å²) in [4.78, 5) is 4.08. The third kappa shape index (κ3) is 2.91. The summed E-state index contributed by atoms with van der Waals surface area (Å²) in [5, 5.41) is -0.404. The molecule has 2 aliphatic rings. The van der Waals surface area contributed by atoms with Crippen LogP contribution >= 0.6 is 11.8 Å². The second-order valence-electron chi connectivity index (χ2n) is 5.72. The van der Waals surface area contributed by atoms with Crippen molar-refractivity contribution in [1.29, 1.82) is 0 Å². The Morgan fingerprint density at radius 1 is 1.38 bits per heavy atom. The Morgan fingerprint density at radius 3 is 2.86 bits per heavy atom. The summed E-state index contributed by atoms with van der Waals surface area (Å²) in [6.45, 7) is 0.513. The average Bonchev–Trinajstić information content (AvgIpc) is 2.48. The zero-order chi connectivity index (χ0) is 14.9. The molecule has 1 spiro atoms. The van der Waals surface area contributed by atoms with Crippen molar-refractivity contribution >= 4 is 27.3 Å². The van der Waals surface area contributed by atoms with Crippen LogP contribution in [-0.4, -0.2) is 42.4 Å². The van der Waals surface area contributed by atoms with Gasteiger partial charge < -0.3 is 10.5 Å². The molecule has 2 N–H and O–H groups in total. The molecule has 21 heavy (non-hydrogen) atoms. The number of rotatable bonds is 2. The third-order valence-electron chi connectivity index (χ3n) is 4.41. The number of pyridine rings is 1. The van der Waals surface area contributed by atoms with Gasteiger partial charge in [0.2, 0.25) is 0 Å². The molecule has 0 saturated carbocycles. The third-order valence-corrected chi connectivity index (χ3v) is 7.66. The number of nitrogens with two attached hydrogens (primary N) is 1. The summed E-state index contributed by atoms with van der Waals surface area (Å²) in [6, 6.07) is 1.50. The van der Waals surface area contributed by atoms with Gasteiger partial charge in [0.1, 0.15) is 0 Å². The van der Waals surface area contributed by atoms with Crippen LogP contribution in [0.25, 0.3) is 0 Å². The van der Waals surface area contributed by atoms with Gasteiger partial charge in [0.15, 0.2) is 9.84 Å². The molecule has 3 heterocycles. The summed E-state index contributed by atoms with van der Waals surface area (Å²) in [5.74, 6) is 2.09. The largest absolute Gasteiger partial charge is 0.396 e. The fourth-order valence-corrected chi connectivity index (χ4v) is 6.33. The van der Waals surface area contributed by atoms with Crippen LogP contribution in [-0.2, 0) is 14.6 Å². The Balaban J connectivity index is 1.87. The molecule has 5 nitrogen and oxygen atoms in total. The zero-order valence-corrected chi connectivity index (χ0v) is 13.5. The minimum Gasteiger partial charge on any atom is -0.396 e. The van der Waals surface area contributed by atoms with Crippen LogP contribution in [0.15, 0.2) is 23.4 Å². The van der Waals surface area contributed by atoms with Gasteiger partial charge in [-0.2, -0.15) is 11.8 Å². The first-order valence-electron chi connectivity index (χ1n) is 7.19. The standard InChI is InChI=1S/C14H20N2O3S2/c15-12-10-16-5-1-13(12)21(17,18)11-2-6-19-14(9-11)3-7-20-8-4-14/h1,5,10-11H,2-4,6-9,15H2. The SMILES string of the molecule is Nc1cnccc1S(=O)(=O)C1CCOC2(CCSCC2)C1. The number of nitrogen functional groups attached to an aromatic ring is 1. The molecule has 2 fully saturated rings. The lowest BCUT2D eigenvalue weighted by Crippen LogP contribution is -2.46. The van der Waals surface area contributed by atoms with Gasteiger partial charge in [-0.3, -0.25) is 4.98 Å². The topological polar surface area (TPSA) is 82.3 Å². The molecule has 1 unspecified atom stereocenters. The lowest BCUT2D eigenvalue weighted by molar-refractivity contribution is -0.0813. The lowest BCUT2D eigenvalue weighted by Gasteiger charge is -2.43. The molecule has 0 aliphatic carbocycles. The number of hydrogen-bond donors (Lipinski definition) is 1. The minimum absolute atomic E-state index is 0.213. The summed E-state index contributed by atoms with van der Waals surface area (Å²) in [7, 11) is -3.42. The van der Waals surface area contributed by atoms with Crippen molar-refractivity contribution in [2.45, 2.75) is 41.4 Å². The first kappa shape index (κ1) is 15.1. The summed E-state index contributed by atoms with van der Waals surface area (Å²) in [6.07, 6.45) is 5.89. The fraction of sp³-hybridized carbons (Fsp3) is 0.643. The van der Waals surface area contributed by atoms with E-state index < -0.39 is 15.1 Å². The predicted octanol–water partition coefficient (Wildman–Crippen LogP) is 1.88. The highest BCUT2D eigenvalue weighted by atomic mass is 32.2. The number of thioether (sulfide) groups is 1. The molecule has 0 radical (unpaired) electrons. The van der Waals surface area contributed by atoms with Crippen LogP contribution in [0, 0.1) is 0 Å². The Hall–Kier alpha value is -0.790. The molecule has 0 bridgehead atoms. The molecule has 1 atom stereocenters. The van der Waals surface area contributed by atoms with Crippen LogP contribution in [0.3, 0.4) is 0 Å². The molecule has 3 rings (SSSR count). The molecule has 0 aromatic carbocycles. The van der Waals surface area contributed by atoms with Gasteiger partial charge in [-0.15, -0.1) is 0 Å². The van der Waals surface area contributed by atoms with E-state index in [9.17, 15) is 8.42 Å². The summed E-state index contributed by atoms with van der Waals surface area (Å²) in [5.41, 5.74) is 5.79. The summed E-state index contributed by atoms with van der Waals surface area (Å²) >= 11 is 1.91. The van der Waals surface area contributed by atoms with Crippen molar-refractivity contribution in [3.8, 4) is 0 Å².